The zero-order chi connectivity index (χ0) is 17.9. The smallest absolute Gasteiger partial charge is 0.310 e. The number of rotatable bonds is 7. The molecule has 1 saturated carbocycles. The minimum atomic E-state index is -3.15. The minimum absolute atomic E-state index is 0.0897. The molecular weight excluding hydrogens is 321 g/mol. The van der Waals surface area contributed by atoms with E-state index >= 15 is 0 Å². The number of hydrogen-bond acceptors (Lipinski definition) is 3. The number of carbonyl (C=O) groups excluding carboxylic acids is 1. The highest BCUT2D eigenvalue weighted by molar-refractivity contribution is 5.78. The first-order valence-electron chi connectivity index (χ1n) is 7.66. The Balaban J connectivity index is 1.92. The second-order valence-corrected chi connectivity index (χ2v) is 6.53. The van der Waals surface area contributed by atoms with Gasteiger partial charge in [0, 0.05) is 7.11 Å². The number of halogens is 3. The lowest BCUT2D eigenvalue weighted by Gasteiger charge is -2.07. The largest absolute Gasteiger partial charge is 0.461 e. The lowest BCUT2D eigenvalue weighted by atomic mass is 10.1. The minimum Gasteiger partial charge on any atom is -0.461 e. The maximum absolute atomic E-state index is 13.1. The molecule has 0 saturated heterocycles. The summed E-state index contributed by atoms with van der Waals surface area (Å²) in [6.45, 7) is 4.06. The van der Waals surface area contributed by atoms with Crippen LogP contribution in [0.15, 0.2) is 36.2 Å². The second-order valence-electron chi connectivity index (χ2n) is 6.53. The van der Waals surface area contributed by atoms with Crippen LogP contribution in [0.25, 0.3) is 0 Å². The quantitative estimate of drug-likeness (QED) is 0.694. The number of hydrogen-bond donors (Lipinski definition) is 0. The van der Waals surface area contributed by atoms with E-state index in [1.807, 2.05) is 24.3 Å². The molecule has 0 heterocycles. The number of benzene rings is 1. The van der Waals surface area contributed by atoms with Crippen LogP contribution in [0.2, 0.25) is 0 Å². The first-order valence-corrected chi connectivity index (χ1v) is 7.66. The highest BCUT2D eigenvalue weighted by Crippen LogP contribution is 2.60. The fourth-order valence-corrected chi connectivity index (χ4v) is 2.83. The van der Waals surface area contributed by atoms with Crippen LogP contribution in [0, 0.1) is 17.3 Å². The molecule has 0 aromatic heterocycles. The van der Waals surface area contributed by atoms with Crippen molar-refractivity contribution in [3.8, 4) is 0 Å². The Morgan fingerprint density at radius 3 is 2.25 bits per heavy atom. The molecule has 6 heteroatoms. The summed E-state index contributed by atoms with van der Waals surface area (Å²) in [5.74, 6) is -3.15. The van der Waals surface area contributed by atoms with Crippen LogP contribution in [0.5, 0.6) is 0 Å². The van der Waals surface area contributed by atoms with Gasteiger partial charge < -0.3 is 9.47 Å². The van der Waals surface area contributed by atoms with Gasteiger partial charge in [0.1, 0.15) is 6.61 Å². The monoisotopic (exact) mass is 342 g/mol. The first kappa shape index (κ1) is 18.5. The van der Waals surface area contributed by atoms with Crippen LogP contribution in [-0.4, -0.2) is 19.5 Å². The Labute approximate surface area is 139 Å². The number of esters is 1. The molecule has 0 N–H and O–H groups in total. The Morgan fingerprint density at radius 1 is 1.21 bits per heavy atom. The normalized spacial score (nSPS) is 22.5. The zero-order valence-electron chi connectivity index (χ0n) is 13.9. The van der Waals surface area contributed by atoms with E-state index in [0.29, 0.717) is 6.61 Å². The Hall–Kier alpha value is -1.82. The lowest BCUT2D eigenvalue weighted by molar-refractivity contribution is -0.147. The molecular formula is C18H21F3O3. The van der Waals surface area contributed by atoms with Crippen molar-refractivity contribution in [2.45, 2.75) is 33.5 Å². The van der Waals surface area contributed by atoms with Gasteiger partial charge >= 0.3 is 5.97 Å². The maximum atomic E-state index is 13.1. The van der Waals surface area contributed by atoms with Crippen LogP contribution in [0.4, 0.5) is 13.2 Å². The maximum Gasteiger partial charge on any atom is 0.310 e. The summed E-state index contributed by atoms with van der Waals surface area (Å²) in [5, 5.41) is 0. The number of methoxy groups -OCH3 is 1. The SMILES string of the molecule is COCc1ccc(COC(=O)[C@@H]2[C@@H](/C=C(/F)C(F)F)C2(C)C)cc1. The molecule has 1 fully saturated rings. The molecule has 0 radical (unpaired) electrons. The summed E-state index contributed by atoms with van der Waals surface area (Å²) in [6, 6.07) is 7.40. The highest BCUT2D eigenvalue weighted by Gasteiger charge is 2.61. The average molecular weight is 342 g/mol. The van der Waals surface area contributed by atoms with Crippen molar-refractivity contribution in [3.63, 3.8) is 0 Å². The molecule has 0 spiro atoms. The second kappa shape index (κ2) is 7.38. The van der Waals surface area contributed by atoms with Crippen molar-refractivity contribution < 1.29 is 27.4 Å². The number of alkyl halides is 2. The summed E-state index contributed by atoms with van der Waals surface area (Å²) in [6.07, 6.45) is -2.31. The summed E-state index contributed by atoms with van der Waals surface area (Å²) in [7, 11) is 1.61. The number of carbonyl (C=O) groups is 1. The van der Waals surface area contributed by atoms with Crippen molar-refractivity contribution in [2.24, 2.45) is 17.3 Å². The van der Waals surface area contributed by atoms with Crippen LogP contribution >= 0.6 is 0 Å². The van der Waals surface area contributed by atoms with Gasteiger partial charge in [-0.05, 0) is 28.5 Å². The van der Waals surface area contributed by atoms with E-state index in [1.165, 1.54) is 0 Å². The van der Waals surface area contributed by atoms with E-state index in [-0.39, 0.29) is 6.61 Å². The van der Waals surface area contributed by atoms with E-state index in [0.717, 1.165) is 17.2 Å². The Bertz CT molecular complexity index is 608. The molecule has 1 aromatic rings. The van der Waals surface area contributed by atoms with Crippen molar-refractivity contribution in [3.05, 3.63) is 47.3 Å². The molecule has 1 aromatic carbocycles. The topological polar surface area (TPSA) is 35.5 Å². The van der Waals surface area contributed by atoms with E-state index in [2.05, 4.69) is 0 Å². The van der Waals surface area contributed by atoms with Gasteiger partial charge in [-0.3, -0.25) is 4.79 Å². The molecule has 0 unspecified atom stereocenters. The molecule has 132 valence electrons. The van der Waals surface area contributed by atoms with Crippen LogP contribution in [0.3, 0.4) is 0 Å². The third-order valence-electron chi connectivity index (χ3n) is 4.43. The van der Waals surface area contributed by atoms with E-state index < -0.39 is 35.5 Å². The zero-order valence-corrected chi connectivity index (χ0v) is 13.9. The van der Waals surface area contributed by atoms with Crippen molar-refractivity contribution in [1.82, 2.24) is 0 Å². The summed E-state index contributed by atoms with van der Waals surface area (Å²) < 4.78 is 47.9. The van der Waals surface area contributed by atoms with Gasteiger partial charge in [-0.1, -0.05) is 38.1 Å². The predicted molar refractivity (Wildman–Crippen MR) is 82.9 cm³/mol. The molecule has 1 aliphatic carbocycles. The van der Waals surface area contributed by atoms with Crippen LogP contribution < -0.4 is 0 Å². The van der Waals surface area contributed by atoms with E-state index in [4.69, 9.17) is 9.47 Å². The summed E-state index contributed by atoms with van der Waals surface area (Å²) in [4.78, 5) is 12.1. The Kier molecular flexibility index (Phi) is 5.70. The lowest BCUT2D eigenvalue weighted by Crippen LogP contribution is -2.10. The first-order chi connectivity index (χ1) is 11.3. The third kappa shape index (κ3) is 4.17. The van der Waals surface area contributed by atoms with Gasteiger partial charge in [0.25, 0.3) is 6.43 Å². The summed E-state index contributed by atoms with van der Waals surface area (Å²) >= 11 is 0. The predicted octanol–water partition coefficient (Wildman–Crippen LogP) is 4.27. The standard InChI is InChI=1S/C18H21F3O3/c1-18(2)13(8-14(19)16(20)21)15(18)17(22)24-10-12-6-4-11(5-7-12)9-23-3/h4-8,13,15-16H,9-10H2,1-3H3/b14-8+/t13-,15+/m1/s1. The fourth-order valence-electron chi connectivity index (χ4n) is 2.83. The van der Waals surface area contributed by atoms with Crippen molar-refractivity contribution in [2.75, 3.05) is 7.11 Å². The van der Waals surface area contributed by atoms with Gasteiger partial charge in [-0.15, -0.1) is 0 Å². The molecule has 2 atom stereocenters. The molecule has 2 rings (SSSR count). The molecule has 0 bridgehead atoms. The summed E-state index contributed by atoms with van der Waals surface area (Å²) in [5.41, 5.74) is 1.24. The van der Waals surface area contributed by atoms with Crippen molar-refractivity contribution >= 4 is 5.97 Å². The van der Waals surface area contributed by atoms with E-state index in [1.54, 1.807) is 21.0 Å². The van der Waals surface area contributed by atoms with Gasteiger partial charge in [0.2, 0.25) is 0 Å². The number of ether oxygens (including phenoxy) is 2. The molecule has 1 aliphatic rings. The fraction of sp³-hybridized carbons (Fsp3) is 0.500. The Morgan fingerprint density at radius 2 is 1.75 bits per heavy atom. The van der Waals surface area contributed by atoms with Gasteiger partial charge in [0.05, 0.1) is 12.5 Å². The molecule has 24 heavy (non-hydrogen) atoms. The van der Waals surface area contributed by atoms with Crippen LogP contribution in [0.1, 0.15) is 25.0 Å². The van der Waals surface area contributed by atoms with Crippen molar-refractivity contribution in [1.29, 1.82) is 0 Å². The highest BCUT2D eigenvalue weighted by atomic mass is 19.3. The number of allylic oxidation sites excluding steroid dienone is 2. The van der Waals surface area contributed by atoms with Gasteiger partial charge in [0.15, 0.2) is 5.83 Å². The van der Waals surface area contributed by atoms with E-state index in [9.17, 15) is 18.0 Å². The third-order valence-corrected chi connectivity index (χ3v) is 4.43. The van der Waals surface area contributed by atoms with Gasteiger partial charge in [-0.2, -0.15) is 0 Å². The molecule has 0 amide bonds. The average Bonchev–Trinajstić information content (AvgIpc) is 3.07. The molecule has 0 aliphatic heterocycles. The van der Waals surface area contributed by atoms with Crippen LogP contribution in [-0.2, 0) is 27.5 Å². The molecule has 3 nitrogen and oxygen atoms in total. The van der Waals surface area contributed by atoms with Gasteiger partial charge in [-0.25, -0.2) is 13.2 Å².